The number of aryl methyl sites for hydroxylation is 1. The molecule has 1 amide bonds. The van der Waals surface area contributed by atoms with Crippen LogP contribution in [0.25, 0.3) is 0 Å². The Morgan fingerprint density at radius 3 is 2.33 bits per heavy atom. The molecule has 116 valence electrons. The van der Waals surface area contributed by atoms with Gasteiger partial charge in [-0.15, -0.1) is 0 Å². The Hall–Kier alpha value is -1.88. The van der Waals surface area contributed by atoms with E-state index in [2.05, 4.69) is 0 Å². The van der Waals surface area contributed by atoms with Gasteiger partial charge in [0.1, 0.15) is 0 Å². The molecule has 0 saturated carbocycles. The molecule has 0 aliphatic heterocycles. The van der Waals surface area contributed by atoms with E-state index in [0.717, 1.165) is 5.56 Å². The number of ether oxygens (including phenoxy) is 2. The van der Waals surface area contributed by atoms with Crippen molar-refractivity contribution < 1.29 is 19.1 Å². The van der Waals surface area contributed by atoms with Crippen molar-refractivity contribution in [2.45, 2.75) is 13.8 Å². The van der Waals surface area contributed by atoms with Gasteiger partial charge in [-0.05, 0) is 19.1 Å². The number of methoxy groups -OCH3 is 2. The standard InChI is InChI=1S/C16H23NO4/c1-12-5-7-14(8-6-12)15(18)17(9-10-20-3)11-13(2)16(19)21-4/h5-8,13H,9-11H2,1-4H3. The number of carbonyl (C=O) groups excluding carboxylic acids is 2. The van der Waals surface area contributed by atoms with Crippen LogP contribution < -0.4 is 0 Å². The number of nitrogens with zero attached hydrogens (tertiary/aromatic N) is 1. The molecule has 1 atom stereocenters. The van der Waals surface area contributed by atoms with E-state index in [1.54, 1.807) is 31.1 Å². The van der Waals surface area contributed by atoms with Gasteiger partial charge < -0.3 is 14.4 Å². The lowest BCUT2D eigenvalue weighted by Gasteiger charge is -2.25. The average Bonchev–Trinajstić information content (AvgIpc) is 2.50. The van der Waals surface area contributed by atoms with E-state index in [1.807, 2.05) is 19.1 Å². The van der Waals surface area contributed by atoms with Gasteiger partial charge in [0, 0.05) is 25.8 Å². The zero-order valence-corrected chi connectivity index (χ0v) is 13.1. The molecule has 0 aliphatic carbocycles. The van der Waals surface area contributed by atoms with Crippen LogP contribution in [0.5, 0.6) is 0 Å². The predicted molar refractivity (Wildman–Crippen MR) is 80.1 cm³/mol. The first-order valence-electron chi connectivity index (χ1n) is 6.92. The van der Waals surface area contributed by atoms with Crippen LogP contribution in [0.4, 0.5) is 0 Å². The highest BCUT2D eigenvalue weighted by molar-refractivity contribution is 5.94. The van der Waals surface area contributed by atoms with Crippen molar-refractivity contribution in [2.75, 3.05) is 33.9 Å². The van der Waals surface area contributed by atoms with Crippen LogP contribution in [0.3, 0.4) is 0 Å². The second kappa shape index (κ2) is 8.42. The molecule has 0 saturated heterocycles. The molecule has 1 aromatic rings. The van der Waals surface area contributed by atoms with Crippen LogP contribution >= 0.6 is 0 Å². The summed E-state index contributed by atoms with van der Waals surface area (Å²) in [5, 5.41) is 0. The second-order valence-electron chi connectivity index (χ2n) is 5.03. The lowest BCUT2D eigenvalue weighted by molar-refractivity contribution is -0.145. The number of hydrogen-bond acceptors (Lipinski definition) is 4. The Labute approximate surface area is 125 Å². The topological polar surface area (TPSA) is 55.8 Å². The minimum absolute atomic E-state index is 0.109. The quantitative estimate of drug-likeness (QED) is 0.720. The molecule has 5 nitrogen and oxygen atoms in total. The first kappa shape index (κ1) is 17.2. The number of esters is 1. The SMILES string of the molecule is COCCN(CC(C)C(=O)OC)C(=O)c1ccc(C)cc1. The first-order chi connectivity index (χ1) is 9.99. The summed E-state index contributed by atoms with van der Waals surface area (Å²) in [4.78, 5) is 25.7. The zero-order valence-electron chi connectivity index (χ0n) is 13.1. The number of hydrogen-bond donors (Lipinski definition) is 0. The fourth-order valence-corrected chi connectivity index (χ4v) is 1.96. The van der Waals surface area contributed by atoms with E-state index in [1.165, 1.54) is 7.11 Å². The highest BCUT2D eigenvalue weighted by Crippen LogP contribution is 2.10. The minimum atomic E-state index is -0.374. The van der Waals surface area contributed by atoms with Gasteiger partial charge in [-0.25, -0.2) is 0 Å². The maximum absolute atomic E-state index is 12.5. The minimum Gasteiger partial charge on any atom is -0.469 e. The normalized spacial score (nSPS) is 11.8. The lowest BCUT2D eigenvalue weighted by Crippen LogP contribution is -2.39. The summed E-state index contributed by atoms with van der Waals surface area (Å²) in [7, 11) is 2.93. The number of benzene rings is 1. The molecule has 5 heteroatoms. The summed E-state index contributed by atoms with van der Waals surface area (Å²) in [6.45, 7) is 4.88. The van der Waals surface area contributed by atoms with Crippen LogP contribution in [0.2, 0.25) is 0 Å². The molecule has 0 fully saturated rings. The van der Waals surface area contributed by atoms with Crippen LogP contribution in [-0.4, -0.2) is 50.7 Å². The molecule has 1 rings (SSSR count). The Kier molecular flexibility index (Phi) is 6.88. The van der Waals surface area contributed by atoms with Crippen molar-refractivity contribution in [1.29, 1.82) is 0 Å². The first-order valence-corrected chi connectivity index (χ1v) is 6.92. The number of amides is 1. The Balaban J connectivity index is 2.82. The van der Waals surface area contributed by atoms with Crippen LogP contribution in [0, 0.1) is 12.8 Å². The molecule has 1 aromatic carbocycles. The number of rotatable bonds is 7. The molecule has 0 heterocycles. The van der Waals surface area contributed by atoms with Gasteiger partial charge in [-0.3, -0.25) is 9.59 Å². The highest BCUT2D eigenvalue weighted by atomic mass is 16.5. The average molecular weight is 293 g/mol. The van der Waals surface area contributed by atoms with Crippen molar-refractivity contribution in [1.82, 2.24) is 4.90 Å². The summed E-state index contributed by atoms with van der Waals surface area (Å²) in [6.07, 6.45) is 0. The van der Waals surface area contributed by atoms with Crippen molar-refractivity contribution >= 4 is 11.9 Å². The Bertz CT molecular complexity index is 470. The van der Waals surface area contributed by atoms with Crippen LogP contribution in [-0.2, 0) is 14.3 Å². The molecule has 1 unspecified atom stereocenters. The summed E-state index contributed by atoms with van der Waals surface area (Å²) in [5.41, 5.74) is 1.70. The predicted octanol–water partition coefficient (Wildman–Crippen LogP) is 1.89. The van der Waals surface area contributed by atoms with E-state index in [-0.39, 0.29) is 17.8 Å². The van der Waals surface area contributed by atoms with E-state index < -0.39 is 0 Å². The molecular weight excluding hydrogens is 270 g/mol. The van der Waals surface area contributed by atoms with Crippen molar-refractivity contribution in [3.05, 3.63) is 35.4 Å². The van der Waals surface area contributed by atoms with Crippen molar-refractivity contribution in [2.24, 2.45) is 5.92 Å². The molecular formula is C16H23NO4. The lowest BCUT2D eigenvalue weighted by atomic mass is 10.1. The summed E-state index contributed by atoms with van der Waals surface area (Å²) in [5.74, 6) is -0.807. The van der Waals surface area contributed by atoms with Crippen molar-refractivity contribution in [3.8, 4) is 0 Å². The molecule has 0 radical (unpaired) electrons. The van der Waals surface area contributed by atoms with E-state index >= 15 is 0 Å². The van der Waals surface area contributed by atoms with E-state index in [9.17, 15) is 9.59 Å². The maximum atomic E-state index is 12.5. The van der Waals surface area contributed by atoms with Gasteiger partial charge in [0.15, 0.2) is 0 Å². The second-order valence-corrected chi connectivity index (χ2v) is 5.03. The van der Waals surface area contributed by atoms with Gasteiger partial charge in [-0.2, -0.15) is 0 Å². The molecule has 21 heavy (non-hydrogen) atoms. The fraction of sp³-hybridized carbons (Fsp3) is 0.500. The molecule has 0 spiro atoms. The monoisotopic (exact) mass is 293 g/mol. The Morgan fingerprint density at radius 2 is 1.81 bits per heavy atom. The zero-order chi connectivity index (χ0) is 15.8. The van der Waals surface area contributed by atoms with Gasteiger partial charge in [0.25, 0.3) is 5.91 Å². The third-order valence-corrected chi connectivity index (χ3v) is 3.25. The smallest absolute Gasteiger partial charge is 0.310 e. The van der Waals surface area contributed by atoms with Gasteiger partial charge in [-0.1, -0.05) is 24.6 Å². The largest absolute Gasteiger partial charge is 0.469 e. The molecule has 0 N–H and O–H groups in total. The summed E-state index contributed by atoms with van der Waals surface area (Å²) >= 11 is 0. The Morgan fingerprint density at radius 1 is 1.19 bits per heavy atom. The fourth-order valence-electron chi connectivity index (χ4n) is 1.96. The van der Waals surface area contributed by atoms with E-state index in [4.69, 9.17) is 9.47 Å². The number of carbonyl (C=O) groups is 2. The molecule has 0 aromatic heterocycles. The molecule has 0 bridgehead atoms. The molecule has 0 aliphatic rings. The maximum Gasteiger partial charge on any atom is 0.310 e. The van der Waals surface area contributed by atoms with Crippen LogP contribution in [0.15, 0.2) is 24.3 Å². The van der Waals surface area contributed by atoms with Gasteiger partial charge in [0.2, 0.25) is 0 Å². The summed E-state index contributed by atoms with van der Waals surface area (Å²) < 4.78 is 9.75. The highest BCUT2D eigenvalue weighted by Gasteiger charge is 2.22. The van der Waals surface area contributed by atoms with Crippen LogP contribution in [0.1, 0.15) is 22.8 Å². The summed E-state index contributed by atoms with van der Waals surface area (Å²) in [6, 6.07) is 7.37. The third-order valence-electron chi connectivity index (χ3n) is 3.25. The third kappa shape index (κ3) is 5.19. The van der Waals surface area contributed by atoms with E-state index in [0.29, 0.717) is 25.3 Å². The van der Waals surface area contributed by atoms with Gasteiger partial charge >= 0.3 is 5.97 Å². The van der Waals surface area contributed by atoms with Gasteiger partial charge in [0.05, 0.1) is 19.6 Å². The van der Waals surface area contributed by atoms with Crippen molar-refractivity contribution in [3.63, 3.8) is 0 Å².